The third kappa shape index (κ3) is 6.26. The molecule has 0 atom stereocenters. The number of benzene rings is 1. The normalized spacial score (nSPS) is 26.7. The van der Waals surface area contributed by atoms with Crippen molar-refractivity contribution in [1.82, 2.24) is 0 Å². The predicted molar refractivity (Wildman–Crippen MR) is 110 cm³/mol. The second-order valence-corrected chi connectivity index (χ2v) is 8.54. The van der Waals surface area contributed by atoms with Gasteiger partial charge in [-0.1, -0.05) is 32.6 Å². The molecule has 1 aliphatic heterocycles. The second kappa shape index (κ2) is 11.4. The number of esters is 1. The first-order valence-corrected chi connectivity index (χ1v) is 11.2. The van der Waals surface area contributed by atoms with Gasteiger partial charge in [0.2, 0.25) is 0 Å². The number of rotatable bonds is 8. The van der Waals surface area contributed by atoms with Gasteiger partial charge in [0.05, 0.1) is 24.7 Å². The molecule has 0 aromatic heterocycles. The van der Waals surface area contributed by atoms with Gasteiger partial charge in [0.25, 0.3) is 0 Å². The molecule has 1 heterocycles. The lowest BCUT2D eigenvalue weighted by Gasteiger charge is -2.37. The highest BCUT2D eigenvalue weighted by Gasteiger charge is 2.35. The quantitative estimate of drug-likeness (QED) is 0.323. The molecule has 30 heavy (non-hydrogen) atoms. The Bertz CT molecular complexity index is 731. The molecule has 2 aliphatic rings. The molecule has 1 saturated heterocycles. The van der Waals surface area contributed by atoms with Crippen LogP contribution in [0.2, 0.25) is 0 Å². The maximum atomic E-state index is 13.7. The molecule has 0 radical (unpaired) electrons. The number of carbonyl (C=O) groups excluding carboxylic acids is 1. The van der Waals surface area contributed by atoms with E-state index in [4.69, 9.17) is 19.5 Å². The zero-order valence-electron chi connectivity index (χ0n) is 17.8. The van der Waals surface area contributed by atoms with E-state index >= 15 is 0 Å². The van der Waals surface area contributed by atoms with E-state index in [-0.39, 0.29) is 29.5 Å². The molecule has 5 nitrogen and oxygen atoms in total. The molecule has 1 aliphatic carbocycles. The van der Waals surface area contributed by atoms with Crippen LogP contribution in [0.4, 0.5) is 4.39 Å². The Balaban J connectivity index is 1.38. The van der Waals surface area contributed by atoms with E-state index in [1.165, 1.54) is 44.2 Å². The van der Waals surface area contributed by atoms with Crippen LogP contribution in [0.3, 0.4) is 0 Å². The van der Waals surface area contributed by atoms with Crippen LogP contribution < -0.4 is 4.74 Å². The van der Waals surface area contributed by atoms with Gasteiger partial charge < -0.3 is 14.2 Å². The van der Waals surface area contributed by atoms with Crippen molar-refractivity contribution in [3.05, 3.63) is 29.6 Å². The first-order chi connectivity index (χ1) is 14.6. The number of hydrogen-bond donors (Lipinski definition) is 0. The molecular weight excluding hydrogens is 385 g/mol. The molecule has 2 fully saturated rings. The van der Waals surface area contributed by atoms with Crippen molar-refractivity contribution in [2.75, 3.05) is 13.2 Å². The van der Waals surface area contributed by atoms with E-state index in [2.05, 4.69) is 6.92 Å². The lowest BCUT2D eigenvalue weighted by atomic mass is 9.81. The molecule has 1 aromatic rings. The van der Waals surface area contributed by atoms with Gasteiger partial charge in [-0.3, -0.25) is 4.79 Å². The van der Waals surface area contributed by atoms with Gasteiger partial charge in [-0.15, -0.1) is 0 Å². The van der Waals surface area contributed by atoms with Crippen LogP contribution in [0.5, 0.6) is 5.75 Å². The minimum atomic E-state index is -0.679. The van der Waals surface area contributed by atoms with Gasteiger partial charge >= 0.3 is 5.97 Å². The highest BCUT2D eigenvalue weighted by Crippen LogP contribution is 2.35. The van der Waals surface area contributed by atoms with Crippen LogP contribution in [-0.4, -0.2) is 25.5 Å². The standard InChI is InChI=1S/C24H32FNO4/c1-2-3-4-5-6-17-15-28-24(29-16-17)19-9-7-18(8-10-19)23(27)30-21-12-11-20(14-26)22(25)13-21/h11-13,17-19,24H,2-10,15-16H2,1H3. The molecule has 164 valence electrons. The van der Waals surface area contributed by atoms with Crippen LogP contribution >= 0.6 is 0 Å². The minimum Gasteiger partial charge on any atom is -0.426 e. The molecule has 6 heteroatoms. The summed E-state index contributed by atoms with van der Waals surface area (Å²) in [4.78, 5) is 12.4. The number of halogens is 1. The zero-order chi connectivity index (χ0) is 21.3. The van der Waals surface area contributed by atoms with Gasteiger partial charge in [-0.25, -0.2) is 4.39 Å². The van der Waals surface area contributed by atoms with E-state index in [0.717, 1.165) is 32.1 Å². The van der Waals surface area contributed by atoms with E-state index in [9.17, 15) is 9.18 Å². The summed E-state index contributed by atoms with van der Waals surface area (Å²) in [6, 6.07) is 5.62. The first-order valence-electron chi connectivity index (χ1n) is 11.2. The number of nitriles is 1. The highest BCUT2D eigenvalue weighted by molar-refractivity contribution is 5.75. The summed E-state index contributed by atoms with van der Waals surface area (Å²) in [6.07, 6.45) is 9.21. The summed E-state index contributed by atoms with van der Waals surface area (Å²) in [6.45, 7) is 3.75. The maximum Gasteiger partial charge on any atom is 0.314 e. The Kier molecular flexibility index (Phi) is 8.65. The van der Waals surface area contributed by atoms with E-state index < -0.39 is 5.82 Å². The Labute approximate surface area is 178 Å². The Morgan fingerprint density at radius 2 is 1.90 bits per heavy atom. The predicted octanol–water partition coefficient (Wildman–Crippen LogP) is 5.37. The van der Waals surface area contributed by atoms with Gasteiger partial charge in [-0.05, 0) is 44.2 Å². The SMILES string of the molecule is CCCCCCC1COC(C2CCC(C(=O)Oc3ccc(C#N)c(F)c3)CC2)OC1. The molecule has 1 aromatic carbocycles. The highest BCUT2D eigenvalue weighted by atomic mass is 19.1. The molecule has 0 bridgehead atoms. The summed E-state index contributed by atoms with van der Waals surface area (Å²) in [7, 11) is 0. The third-order valence-electron chi connectivity index (χ3n) is 6.23. The maximum absolute atomic E-state index is 13.7. The number of carbonyl (C=O) groups is 1. The number of nitrogens with zero attached hydrogens (tertiary/aromatic N) is 1. The summed E-state index contributed by atoms with van der Waals surface area (Å²) >= 11 is 0. The molecule has 0 unspecified atom stereocenters. The molecule has 1 saturated carbocycles. The second-order valence-electron chi connectivity index (χ2n) is 8.54. The minimum absolute atomic E-state index is 0.0639. The topological polar surface area (TPSA) is 68.5 Å². The van der Waals surface area contributed by atoms with Crippen molar-refractivity contribution in [2.24, 2.45) is 17.8 Å². The number of ether oxygens (including phenoxy) is 3. The fourth-order valence-electron chi connectivity index (χ4n) is 4.33. The average Bonchev–Trinajstić information content (AvgIpc) is 2.77. The first kappa shape index (κ1) is 22.7. The van der Waals surface area contributed by atoms with Crippen molar-refractivity contribution >= 4 is 5.97 Å². The molecule has 0 N–H and O–H groups in total. The molecular formula is C24H32FNO4. The van der Waals surface area contributed by atoms with Crippen molar-refractivity contribution in [3.8, 4) is 11.8 Å². The average molecular weight is 418 g/mol. The van der Waals surface area contributed by atoms with Gasteiger partial charge in [-0.2, -0.15) is 5.26 Å². The van der Waals surface area contributed by atoms with Gasteiger partial charge in [0.1, 0.15) is 17.6 Å². The van der Waals surface area contributed by atoms with Gasteiger partial charge in [0, 0.05) is 17.9 Å². The Hall–Kier alpha value is -1.97. The van der Waals surface area contributed by atoms with E-state index in [0.29, 0.717) is 24.7 Å². The smallest absolute Gasteiger partial charge is 0.314 e. The lowest BCUT2D eigenvalue weighted by molar-refractivity contribution is -0.230. The molecule has 0 spiro atoms. The van der Waals surface area contributed by atoms with Crippen molar-refractivity contribution in [1.29, 1.82) is 5.26 Å². The lowest BCUT2D eigenvalue weighted by Crippen LogP contribution is -2.39. The van der Waals surface area contributed by atoms with E-state index in [1.807, 2.05) is 0 Å². The number of hydrogen-bond acceptors (Lipinski definition) is 5. The monoisotopic (exact) mass is 417 g/mol. The summed E-state index contributed by atoms with van der Waals surface area (Å²) in [5.41, 5.74) is -0.0639. The summed E-state index contributed by atoms with van der Waals surface area (Å²) in [5, 5.41) is 8.78. The Morgan fingerprint density at radius 1 is 1.17 bits per heavy atom. The van der Waals surface area contributed by atoms with Crippen molar-refractivity contribution in [3.63, 3.8) is 0 Å². The molecule has 3 rings (SSSR count). The molecule has 0 amide bonds. The van der Waals surface area contributed by atoms with Crippen molar-refractivity contribution in [2.45, 2.75) is 71.0 Å². The van der Waals surface area contributed by atoms with Crippen LogP contribution in [0.1, 0.15) is 70.3 Å². The van der Waals surface area contributed by atoms with E-state index in [1.54, 1.807) is 6.07 Å². The number of unbranched alkanes of at least 4 members (excludes halogenated alkanes) is 3. The van der Waals surface area contributed by atoms with Gasteiger partial charge in [0.15, 0.2) is 6.29 Å². The fourth-order valence-corrected chi connectivity index (χ4v) is 4.33. The van der Waals surface area contributed by atoms with Crippen LogP contribution in [0.15, 0.2) is 18.2 Å². The van der Waals surface area contributed by atoms with Crippen molar-refractivity contribution < 1.29 is 23.4 Å². The summed E-state index contributed by atoms with van der Waals surface area (Å²) < 4.78 is 31.0. The Morgan fingerprint density at radius 3 is 2.53 bits per heavy atom. The van der Waals surface area contributed by atoms with Crippen LogP contribution in [-0.2, 0) is 14.3 Å². The third-order valence-corrected chi connectivity index (χ3v) is 6.23. The zero-order valence-corrected chi connectivity index (χ0v) is 17.8. The largest absolute Gasteiger partial charge is 0.426 e. The van der Waals surface area contributed by atoms with Crippen LogP contribution in [0, 0.1) is 34.9 Å². The fraction of sp³-hybridized carbons (Fsp3) is 0.667. The van der Waals surface area contributed by atoms with Crippen LogP contribution in [0.25, 0.3) is 0 Å². The summed E-state index contributed by atoms with van der Waals surface area (Å²) in [5.74, 6) is -0.269.